The van der Waals surface area contributed by atoms with Gasteiger partial charge in [0, 0.05) is 12.1 Å². The van der Waals surface area contributed by atoms with Gasteiger partial charge in [0.2, 0.25) is 10.0 Å². The van der Waals surface area contributed by atoms with Gasteiger partial charge in [-0.2, -0.15) is 0 Å². The summed E-state index contributed by atoms with van der Waals surface area (Å²) >= 11 is 0. The van der Waals surface area contributed by atoms with E-state index in [4.69, 9.17) is 0 Å². The summed E-state index contributed by atoms with van der Waals surface area (Å²) in [7, 11) is -1.25. The summed E-state index contributed by atoms with van der Waals surface area (Å²) < 4.78 is 27.5. The van der Waals surface area contributed by atoms with Gasteiger partial charge in [-0.25, -0.2) is 13.1 Å². The van der Waals surface area contributed by atoms with Gasteiger partial charge in [-0.05, 0) is 44.2 Å². The fraction of sp³-hybridized carbons (Fsp3) is 0.625. The molecule has 2 N–H and O–H groups in total. The molecule has 5 heteroatoms. The van der Waals surface area contributed by atoms with Gasteiger partial charge >= 0.3 is 0 Å². The highest BCUT2D eigenvalue weighted by Crippen LogP contribution is 2.21. The lowest BCUT2D eigenvalue weighted by atomic mass is 9.92. The molecular formula is C16H26N2O2S. The van der Waals surface area contributed by atoms with Crippen LogP contribution in [0.5, 0.6) is 0 Å². The van der Waals surface area contributed by atoms with E-state index in [1.54, 1.807) is 0 Å². The topological polar surface area (TPSA) is 58.2 Å². The molecular weight excluding hydrogens is 284 g/mol. The first-order chi connectivity index (χ1) is 10.00. The molecule has 0 aromatic heterocycles. The maximum Gasteiger partial charge on any atom is 0.212 e. The van der Waals surface area contributed by atoms with Crippen LogP contribution in [0, 0.1) is 0 Å². The van der Waals surface area contributed by atoms with Gasteiger partial charge in [0.05, 0.1) is 5.75 Å². The van der Waals surface area contributed by atoms with Crippen molar-refractivity contribution in [3.05, 3.63) is 35.9 Å². The smallest absolute Gasteiger partial charge is 0.212 e. The van der Waals surface area contributed by atoms with Crippen LogP contribution in [-0.2, 0) is 10.0 Å². The Bertz CT molecular complexity index is 522. The molecule has 118 valence electrons. The van der Waals surface area contributed by atoms with E-state index >= 15 is 0 Å². The number of hydrogen-bond donors (Lipinski definition) is 2. The zero-order valence-electron chi connectivity index (χ0n) is 12.9. The molecule has 0 saturated heterocycles. The molecule has 21 heavy (non-hydrogen) atoms. The molecule has 1 aromatic rings. The molecule has 1 aliphatic rings. The fourth-order valence-corrected chi connectivity index (χ4v) is 4.70. The Morgan fingerprint density at radius 1 is 1.10 bits per heavy atom. The Balaban J connectivity index is 1.88. The van der Waals surface area contributed by atoms with Crippen LogP contribution in [0.2, 0.25) is 0 Å². The van der Waals surface area contributed by atoms with Crippen LogP contribution in [0.4, 0.5) is 0 Å². The van der Waals surface area contributed by atoms with Crippen LogP contribution in [0.15, 0.2) is 30.3 Å². The van der Waals surface area contributed by atoms with E-state index in [1.807, 2.05) is 44.3 Å². The van der Waals surface area contributed by atoms with Crippen molar-refractivity contribution in [1.29, 1.82) is 0 Å². The summed E-state index contributed by atoms with van der Waals surface area (Å²) in [6, 6.07) is 10.5. The van der Waals surface area contributed by atoms with Gasteiger partial charge in [-0.1, -0.05) is 37.3 Å². The maximum absolute atomic E-state index is 12.3. The summed E-state index contributed by atoms with van der Waals surface area (Å²) in [4.78, 5) is 0. The van der Waals surface area contributed by atoms with Gasteiger partial charge in [0.15, 0.2) is 0 Å². The first kappa shape index (κ1) is 16.5. The summed E-state index contributed by atoms with van der Waals surface area (Å²) in [5, 5.41) is 3.26. The molecule has 0 aliphatic heterocycles. The van der Waals surface area contributed by atoms with Crippen molar-refractivity contribution in [3.63, 3.8) is 0 Å². The molecule has 1 aromatic carbocycles. The molecule has 0 spiro atoms. The highest BCUT2D eigenvalue weighted by molar-refractivity contribution is 7.89. The summed E-state index contributed by atoms with van der Waals surface area (Å²) in [5.41, 5.74) is 1.07. The lowest BCUT2D eigenvalue weighted by Gasteiger charge is -2.29. The molecule has 1 atom stereocenters. The number of benzene rings is 1. The highest BCUT2D eigenvalue weighted by Gasteiger charge is 2.25. The number of nitrogens with one attached hydrogen (secondary N) is 2. The highest BCUT2D eigenvalue weighted by atomic mass is 32.2. The first-order valence-corrected chi connectivity index (χ1v) is 9.37. The van der Waals surface area contributed by atoms with E-state index in [9.17, 15) is 8.42 Å². The minimum Gasteiger partial charge on any atom is -0.317 e. The summed E-state index contributed by atoms with van der Waals surface area (Å²) in [6.45, 7) is 1.96. The van der Waals surface area contributed by atoms with Crippen molar-refractivity contribution in [2.45, 2.75) is 50.6 Å². The monoisotopic (exact) mass is 310 g/mol. The lowest BCUT2D eigenvalue weighted by Crippen LogP contribution is -2.42. The van der Waals surface area contributed by atoms with Gasteiger partial charge in [-0.3, -0.25) is 0 Å². The van der Waals surface area contributed by atoms with E-state index in [-0.39, 0.29) is 17.7 Å². The van der Waals surface area contributed by atoms with E-state index in [0.717, 1.165) is 31.2 Å². The number of hydrogen-bond acceptors (Lipinski definition) is 3. The van der Waals surface area contributed by atoms with Gasteiger partial charge in [0.1, 0.15) is 0 Å². The third-order valence-corrected chi connectivity index (χ3v) is 5.95. The van der Waals surface area contributed by atoms with Gasteiger partial charge in [0.25, 0.3) is 0 Å². The standard InChI is InChI=1S/C16H26N2O2S/c1-13(14-6-4-3-5-7-14)12-21(19,20)18-16-10-8-15(17-2)9-11-16/h3-7,13,15-18H,8-12H2,1-2H3. The molecule has 1 saturated carbocycles. The molecule has 2 rings (SSSR count). The third-order valence-electron chi connectivity index (χ3n) is 4.32. The molecule has 1 fully saturated rings. The third kappa shape index (κ3) is 5.09. The second kappa shape index (κ2) is 7.38. The number of rotatable bonds is 6. The SMILES string of the molecule is CNC1CCC(NS(=O)(=O)CC(C)c2ccccc2)CC1. The van der Waals surface area contributed by atoms with Crippen LogP contribution in [-0.4, -0.2) is 33.3 Å². The molecule has 0 amide bonds. The average molecular weight is 310 g/mol. The Morgan fingerprint density at radius 3 is 2.24 bits per heavy atom. The largest absolute Gasteiger partial charge is 0.317 e. The zero-order chi connectivity index (χ0) is 15.3. The lowest BCUT2D eigenvalue weighted by molar-refractivity contribution is 0.342. The van der Waals surface area contributed by atoms with E-state index in [1.165, 1.54) is 0 Å². The molecule has 1 unspecified atom stereocenters. The van der Waals surface area contributed by atoms with E-state index < -0.39 is 10.0 Å². The van der Waals surface area contributed by atoms with Crippen molar-refractivity contribution >= 4 is 10.0 Å². The van der Waals surface area contributed by atoms with E-state index in [0.29, 0.717) is 6.04 Å². The maximum atomic E-state index is 12.3. The fourth-order valence-electron chi connectivity index (χ4n) is 3.01. The van der Waals surface area contributed by atoms with Crippen molar-refractivity contribution in [3.8, 4) is 0 Å². The van der Waals surface area contributed by atoms with E-state index in [2.05, 4.69) is 10.0 Å². The summed E-state index contributed by atoms with van der Waals surface area (Å²) in [6.07, 6.45) is 3.92. The molecule has 1 aliphatic carbocycles. The molecule has 0 heterocycles. The van der Waals surface area contributed by atoms with Crippen molar-refractivity contribution in [2.24, 2.45) is 0 Å². The second-order valence-corrected chi connectivity index (χ2v) is 7.85. The molecule has 0 radical (unpaired) electrons. The zero-order valence-corrected chi connectivity index (χ0v) is 13.7. The van der Waals surface area contributed by atoms with Crippen LogP contribution < -0.4 is 10.0 Å². The first-order valence-electron chi connectivity index (χ1n) is 7.72. The van der Waals surface area contributed by atoms with Crippen LogP contribution in [0.3, 0.4) is 0 Å². The van der Waals surface area contributed by atoms with Crippen molar-refractivity contribution in [2.75, 3.05) is 12.8 Å². The Labute approximate surface area is 128 Å². The van der Waals surface area contributed by atoms with Crippen LogP contribution >= 0.6 is 0 Å². The van der Waals surface area contributed by atoms with Gasteiger partial charge in [-0.15, -0.1) is 0 Å². The quantitative estimate of drug-likeness (QED) is 0.847. The van der Waals surface area contributed by atoms with Crippen molar-refractivity contribution in [1.82, 2.24) is 10.0 Å². The minimum atomic E-state index is -3.22. The minimum absolute atomic E-state index is 0.0114. The summed E-state index contributed by atoms with van der Waals surface area (Å²) in [5.74, 6) is 0.167. The van der Waals surface area contributed by atoms with Gasteiger partial charge < -0.3 is 5.32 Å². The molecule has 0 bridgehead atoms. The predicted molar refractivity (Wildman–Crippen MR) is 86.9 cm³/mol. The van der Waals surface area contributed by atoms with Crippen molar-refractivity contribution < 1.29 is 8.42 Å². The number of sulfonamides is 1. The molecule has 4 nitrogen and oxygen atoms in total. The van der Waals surface area contributed by atoms with Crippen LogP contribution in [0.1, 0.15) is 44.1 Å². The Morgan fingerprint density at radius 2 is 1.67 bits per heavy atom. The van der Waals surface area contributed by atoms with Crippen LogP contribution in [0.25, 0.3) is 0 Å². The second-order valence-electron chi connectivity index (χ2n) is 6.05. The average Bonchev–Trinajstić information content (AvgIpc) is 2.48. The Kier molecular flexibility index (Phi) is 5.79. The Hall–Kier alpha value is -0.910. The predicted octanol–water partition coefficient (Wildman–Crippen LogP) is 2.24. The normalized spacial score (nSPS) is 24.7.